The SMILES string of the molecule is C[C@@H](O)[C@H]1C(=O)N2C(C(=O)O)=C(SCCN)C(C)(C)[C@@H]12. The van der Waals surface area contributed by atoms with Crippen LogP contribution in [0.3, 0.4) is 0 Å². The molecule has 7 heteroatoms. The minimum atomic E-state index is -1.10. The maximum absolute atomic E-state index is 12.1. The van der Waals surface area contributed by atoms with Crippen molar-refractivity contribution in [3.05, 3.63) is 10.6 Å². The molecule has 0 saturated carbocycles. The number of carboxylic acid groups (broad SMARTS) is 1. The van der Waals surface area contributed by atoms with Gasteiger partial charge in [0.1, 0.15) is 5.70 Å². The minimum absolute atomic E-state index is 0.0559. The summed E-state index contributed by atoms with van der Waals surface area (Å²) >= 11 is 1.39. The number of aliphatic hydroxyl groups is 1. The lowest BCUT2D eigenvalue weighted by Crippen LogP contribution is -2.65. The molecule has 6 nitrogen and oxygen atoms in total. The van der Waals surface area contributed by atoms with Gasteiger partial charge in [0.15, 0.2) is 0 Å². The molecule has 0 aromatic rings. The molecule has 4 N–H and O–H groups in total. The molecule has 0 unspecified atom stereocenters. The summed E-state index contributed by atoms with van der Waals surface area (Å²) in [6.07, 6.45) is -0.781. The van der Waals surface area contributed by atoms with E-state index >= 15 is 0 Å². The van der Waals surface area contributed by atoms with E-state index in [1.54, 1.807) is 6.92 Å². The average molecular weight is 300 g/mol. The Kier molecular flexibility index (Phi) is 3.88. The van der Waals surface area contributed by atoms with E-state index in [-0.39, 0.29) is 17.6 Å². The van der Waals surface area contributed by atoms with Gasteiger partial charge in [0, 0.05) is 22.6 Å². The van der Waals surface area contributed by atoms with E-state index in [9.17, 15) is 19.8 Å². The van der Waals surface area contributed by atoms with Gasteiger partial charge in [-0.05, 0) is 6.92 Å². The average Bonchev–Trinajstić information content (AvgIpc) is 2.51. The van der Waals surface area contributed by atoms with Crippen LogP contribution in [0.1, 0.15) is 20.8 Å². The number of fused-ring (bicyclic) bond motifs is 1. The van der Waals surface area contributed by atoms with Crippen molar-refractivity contribution < 1.29 is 19.8 Å². The van der Waals surface area contributed by atoms with Crippen molar-refractivity contribution in [3.63, 3.8) is 0 Å². The summed E-state index contributed by atoms with van der Waals surface area (Å²) in [5, 5.41) is 19.2. The molecule has 0 aromatic heterocycles. The number of carbonyl (C=O) groups is 2. The molecule has 3 atom stereocenters. The number of thioether (sulfide) groups is 1. The van der Waals surface area contributed by atoms with Crippen LogP contribution >= 0.6 is 11.8 Å². The predicted octanol–water partition coefficient (Wildman–Crippen LogP) is 0.222. The Morgan fingerprint density at radius 3 is 2.60 bits per heavy atom. The van der Waals surface area contributed by atoms with E-state index in [0.29, 0.717) is 17.2 Å². The quantitative estimate of drug-likeness (QED) is 0.628. The highest BCUT2D eigenvalue weighted by atomic mass is 32.2. The standard InChI is InChI=1S/C13H20N2O4S/c1-6(16)7-9-13(2,3)10(20-5-4-14)8(12(18)19)15(9)11(7)17/h6-7,9,16H,4-5,14H2,1-3H3,(H,18,19)/t6-,7-,9-/m1/s1. The number of nitrogens with zero attached hydrogens (tertiary/aromatic N) is 1. The molecule has 0 aliphatic carbocycles. The Hall–Kier alpha value is -1.05. The lowest BCUT2D eigenvalue weighted by molar-refractivity contribution is -0.166. The molecule has 1 fully saturated rings. The summed E-state index contributed by atoms with van der Waals surface area (Å²) in [5.41, 5.74) is 5.07. The van der Waals surface area contributed by atoms with Gasteiger partial charge < -0.3 is 20.8 Å². The van der Waals surface area contributed by atoms with E-state index in [1.807, 2.05) is 13.8 Å². The zero-order chi connectivity index (χ0) is 15.2. The zero-order valence-electron chi connectivity index (χ0n) is 11.8. The number of aliphatic hydroxyl groups excluding tert-OH is 1. The van der Waals surface area contributed by atoms with Gasteiger partial charge >= 0.3 is 5.97 Å². The molecule has 0 spiro atoms. The van der Waals surface area contributed by atoms with Gasteiger partial charge in [0.25, 0.3) is 0 Å². The molecule has 2 aliphatic rings. The summed E-state index contributed by atoms with van der Waals surface area (Å²) in [6, 6.07) is -0.290. The van der Waals surface area contributed by atoms with Gasteiger partial charge in [-0.15, -0.1) is 11.8 Å². The third-order valence-electron chi connectivity index (χ3n) is 4.01. The fraction of sp³-hybridized carbons (Fsp3) is 0.692. The van der Waals surface area contributed by atoms with Crippen LogP contribution in [-0.4, -0.2) is 51.4 Å². The summed E-state index contributed by atoms with van der Waals surface area (Å²) in [4.78, 5) is 25.7. The number of hydrogen-bond acceptors (Lipinski definition) is 5. The third kappa shape index (κ3) is 1.96. The summed E-state index contributed by atoms with van der Waals surface area (Å²) < 4.78 is 0. The first-order valence-corrected chi connectivity index (χ1v) is 7.55. The number of aliphatic carboxylic acids is 1. The number of rotatable bonds is 5. The molecule has 0 radical (unpaired) electrons. The van der Waals surface area contributed by atoms with Gasteiger partial charge in [-0.3, -0.25) is 4.79 Å². The highest BCUT2D eigenvalue weighted by Gasteiger charge is 2.64. The molecule has 20 heavy (non-hydrogen) atoms. The molecular weight excluding hydrogens is 280 g/mol. The van der Waals surface area contributed by atoms with Crippen molar-refractivity contribution in [1.29, 1.82) is 0 Å². The Balaban J connectivity index is 2.43. The molecular formula is C13H20N2O4S. The van der Waals surface area contributed by atoms with Crippen molar-refractivity contribution in [2.24, 2.45) is 17.1 Å². The maximum atomic E-state index is 12.1. The molecule has 2 rings (SSSR count). The lowest BCUT2D eigenvalue weighted by Gasteiger charge is -2.49. The number of hydrogen-bond donors (Lipinski definition) is 3. The summed E-state index contributed by atoms with van der Waals surface area (Å²) in [5.74, 6) is -1.34. The molecule has 1 saturated heterocycles. The second kappa shape index (κ2) is 5.05. The van der Waals surface area contributed by atoms with Gasteiger partial charge in [-0.1, -0.05) is 13.8 Å². The van der Waals surface area contributed by atoms with Crippen molar-refractivity contribution in [1.82, 2.24) is 4.90 Å². The largest absolute Gasteiger partial charge is 0.477 e. The molecule has 112 valence electrons. The first-order valence-electron chi connectivity index (χ1n) is 6.57. The number of β-lactam (4-membered cyclic amide) rings is 1. The van der Waals surface area contributed by atoms with E-state index in [4.69, 9.17) is 5.73 Å². The predicted molar refractivity (Wildman–Crippen MR) is 75.8 cm³/mol. The van der Waals surface area contributed by atoms with Crippen LogP contribution < -0.4 is 5.73 Å². The van der Waals surface area contributed by atoms with Crippen LogP contribution in [0.4, 0.5) is 0 Å². The van der Waals surface area contributed by atoms with E-state index in [2.05, 4.69) is 0 Å². The van der Waals surface area contributed by atoms with Crippen molar-refractivity contribution in [3.8, 4) is 0 Å². The highest BCUT2D eigenvalue weighted by Crippen LogP contribution is 2.57. The molecule has 2 heterocycles. The summed E-state index contributed by atoms with van der Waals surface area (Å²) in [6.45, 7) is 5.85. The fourth-order valence-electron chi connectivity index (χ4n) is 3.17. The van der Waals surface area contributed by atoms with Crippen LogP contribution in [-0.2, 0) is 9.59 Å². The Labute approximate surface area is 122 Å². The third-order valence-corrected chi connectivity index (χ3v) is 5.46. The van der Waals surface area contributed by atoms with Crippen LogP contribution in [0.25, 0.3) is 0 Å². The molecule has 0 bridgehead atoms. The Bertz CT molecular complexity index is 487. The number of carbonyl (C=O) groups excluding carboxylic acids is 1. The zero-order valence-corrected chi connectivity index (χ0v) is 12.6. The van der Waals surface area contributed by atoms with Gasteiger partial charge in [-0.25, -0.2) is 4.79 Å². The second-order valence-corrected chi connectivity index (χ2v) is 6.87. The van der Waals surface area contributed by atoms with Crippen LogP contribution in [0.2, 0.25) is 0 Å². The monoisotopic (exact) mass is 300 g/mol. The first kappa shape index (κ1) is 15.3. The Morgan fingerprint density at radius 2 is 2.15 bits per heavy atom. The number of nitrogens with two attached hydrogens (primary N) is 1. The second-order valence-electron chi connectivity index (χ2n) is 5.76. The highest BCUT2D eigenvalue weighted by molar-refractivity contribution is 8.03. The van der Waals surface area contributed by atoms with Gasteiger partial charge in [0.2, 0.25) is 5.91 Å². The number of amides is 1. The summed E-state index contributed by atoms with van der Waals surface area (Å²) in [7, 11) is 0. The van der Waals surface area contributed by atoms with Crippen molar-refractivity contribution in [2.75, 3.05) is 12.3 Å². The van der Waals surface area contributed by atoms with Crippen molar-refractivity contribution in [2.45, 2.75) is 32.9 Å². The molecule has 2 aliphatic heterocycles. The smallest absolute Gasteiger partial charge is 0.353 e. The van der Waals surface area contributed by atoms with E-state index < -0.39 is 23.4 Å². The van der Waals surface area contributed by atoms with Crippen LogP contribution in [0.15, 0.2) is 10.6 Å². The minimum Gasteiger partial charge on any atom is -0.477 e. The molecule has 1 amide bonds. The number of carboxylic acids is 1. The fourth-order valence-corrected chi connectivity index (χ4v) is 4.30. The van der Waals surface area contributed by atoms with E-state index in [1.165, 1.54) is 16.7 Å². The topological polar surface area (TPSA) is 104 Å². The van der Waals surface area contributed by atoms with E-state index in [0.717, 1.165) is 0 Å². The van der Waals surface area contributed by atoms with Crippen LogP contribution in [0, 0.1) is 11.3 Å². The lowest BCUT2D eigenvalue weighted by atomic mass is 9.71. The normalized spacial score (nSPS) is 29.2. The van der Waals surface area contributed by atoms with Crippen molar-refractivity contribution >= 4 is 23.6 Å². The van der Waals surface area contributed by atoms with Gasteiger partial charge in [0.05, 0.1) is 18.1 Å². The van der Waals surface area contributed by atoms with Gasteiger partial charge in [-0.2, -0.15) is 0 Å². The first-order chi connectivity index (χ1) is 9.25. The molecule has 0 aromatic carbocycles. The Morgan fingerprint density at radius 1 is 1.55 bits per heavy atom. The van der Waals surface area contributed by atoms with Crippen LogP contribution in [0.5, 0.6) is 0 Å². The maximum Gasteiger partial charge on any atom is 0.353 e.